The van der Waals surface area contributed by atoms with Crippen molar-refractivity contribution in [2.75, 3.05) is 13.7 Å². The Kier molecular flexibility index (Phi) is 4.91. The zero-order valence-corrected chi connectivity index (χ0v) is 10.7. The van der Waals surface area contributed by atoms with Crippen LogP contribution in [0.1, 0.15) is 12.5 Å². The number of ether oxygens (including phenoxy) is 1. The third-order valence-corrected chi connectivity index (χ3v) is 2.61. The van der Waals surface area contributed by atoms with Crippen LogP contribution in [0.25, 0.3) is 10.4 Å². The van der Waals surface area contributed by atoms with E-state index in [2.05, 4.69) is 15.3 Å². The molecule has 0 saturated heterocycles. The lowest BCUT2D eigenvalue weighted by Gasteiger charge is -2.28. The first-order valence-electron chi connectivity index (χ1n) is 5.50. The van der Waals surface area contributed by atoms with Gasteiger partial charge in [-0.25, -0.2) is 4.79 Å². The first kappa shape index (κ1) is 14.5. The minimum Gasteiger partial charge on any atom is -0.467 e. The van der Waals surface area contributed by atoms with Crippen LogP contribution in [0.3, 0.4) is 0 Å². The Labute approximate surface area is 110 Å². The van der Waals surface area contributed by atoms with Gasteiger partial charge in [-0.15, -0.1) is 0 Å². The largest absolute Gasteiger partial charge is 0.467 e. The molecule has 7 heteroatoms. The third kappa shape index (κ3) is 3.46. The number of benzene rings is 1. The molecule has 0 spiro atoms. The second-order valence-electron chi connectivity index (χ2n) is 3.92. The van der Waals surface area contributed by atoms with E-state index in [9.17, 15) is 9.59 Å². The molecule has 0 aliphatic rings. The highest BCUT2D eigenvalue weighted by Crippen LogP contribution is 2.22. The number of nitrogens with zero attached hydrogens (tertiary/aromatic N) is 3. The quantitative estimate of drug-likeness (QED) is 0.376. The number of carbonyl (C=O) groups is 2. The van der Waals surface area contributed by atoms with Crippen LogP contribution in [0.2, 0.25) is 0 Å². The molecule has 0 bridgehead atoms. The number of methoxy groups -OCH3 is 1. The van der Waals surface area contributed by atoms with Crippen molar-refractivity contribution in [2.24, 2.45) is 5.11 Å². The summed E-state index contributed by atoms with van der Waals surface area (Å²) in [6.07, 6.45) is 0. The lowest BCUT2D eigenvalue weighted by molar-refractivity contribution is -0.150. The predicted octanol–water partition coefficient (Wildman–Crippen LogP) is 1.50. The maximum absolute atomic E-state index is 11.9. The van der Waals surface area contributed by atoms with Gasteiger partial charge in [-0.1, -0.05) is 35.4 Å². The Morgan fingerprint density at radius 3 is 2.58 bits per heavy atom. The number of rotatable bonds is 5. The van der Waals surface area contributed by atoms with Crippen molar-refractivity contribution in [3.63, 3.8) is 0 Å². The summed E-state index contributed by atoms with van der Waals surface area (Å²) in [7, 11) is 1.24. The van der Waals surface area contributed by atoms with Gasteiger partial charge in [0, 0.05) is 4.91 Å². The van der Waals surface area contributed by atoms with Gasteiger partial charge in [0.1, 0.15) is 6.54 Å². The Bertz CT molecular complexity index is 511. The van der Waals surface area contributed by atoms with E-state index in [0.717, 1.165) is 0 Å². The van der Waals surface area contributed by atoms with Crippen molar-refractivity contribution in [1.29, 1.82) is 0 Å². The van der Waals surface area contributed by atoms with Crippen LogP contribution in [-0.4, -0.2) is 25.5 Å². The molecular formula is C12H14N4O3. The van der Waals surface area contributed by atoms with Gasteiger partial charge >= 0.3 is 5.97 Å². The number of carbonyl (C=O) groups excluding carboxylic acids is 2. The summed E-state index contributed by atoms with van der Waals surface area (Å²) < 4.78 is 4.72. The standard InChI is InChI=1S/C12H14N4O3/c1-12(11(18)19-2,9-6-4-3-5-7-9)15-10(17)8-14-16-13/h3-7H,8H2,1-2H3,(H,15,17). The fraction of sp³-hybridized carbons (Fsp3) is 0.333. The predicted molar refractivity (Wildman–Crippen MR) is 68.0 cm³/mol. The number of esters is 1. The molecule has 0 heterocycles. The molecule has 0 radical (unpaired) electrons. The molecule has 7 nitrogen and oxygen atoms in total. The summed E-state index contributed by atoms with van der Waals surface area (Å²) in [6.45, 7) is 1.15. The van der Waals surface area contributed by atoms with Crippen molar-refractivity contribution < 1.29 is 14.3 Å². The van der Waals surface area contributed by atoms with Crippen molar-refractivity contribution in [3.05, 3.63) is 46.3 Å². The van der Waals surface area contributed by atoms with E-state index in [1.165, 1.54) is 14.0 Å². The zero-order valence-electron chi connectivity index (χ0n) is 10.7. The molecule has 19 heavy (non-hydrogen) atoms. The first-order valence-corrected chi connectivity index (χ1v) is 5.50. The first-order chi connectivity index (χ1) is 9.04. The van der Waals surface area contributed by atoms with Crippen LogP contribution in [0.15, 0.2) is 35.4 Å². The van der Waals surface area contributed by atoms with E-state index in [0.29, 0.717) is 5.56 Å². The van der Waals surface area contributed by atoms with Crippen molar-refractivity contribution in [2.45, 2.75) is 12.5 Å². The summed E-state index contributed by atoms with van der Waals surface area (Å²) in [5.41, 5.74) is 7.43. The van der Waals surface area contributed by atoms with Crippen LogP contribution in [0, 0.1) is 0 Å². The van der Waals surface area contributed by atoms with E-state index in [4.69, 9.17) is 10.3 Å². The van der Waals surface area contributed by atoms with E-state index in [-0.39, 0.29) is 6.54 Å². The molecule has 1 aromatic carbocycles. The van der Waals surface area contributed by atoms with E-state index in [1.54, 1.807) is 30.3 Å². The normalized spacial score (nSPS) is 12.7. The summed E-state index contributed by atoms with van der Waals surface area (Å²) >= 11 is 0. The van der Waals surface area contributed by atoms with Crippen LogP contribution in [0.4, 0.5) is 0 Å². The van der Waals surface area contributed by atoms with Crippen molar-refractivity contribution in [1.82, 2.24) is 5.32 Å². The van der Waals surface area contributed by atoms with Crippen LogP contribution in [-0.2, 0) is 19.9 Å². The van der Waals surface area contributed by atoms with Gasteiger partial charge < -0.3 is 10.1 Å². The molecule has 1 atom stereocenters. The topological polar surface area (TPSA) is 104 Å². The number of azide groups is 1. The molecule has 0 aromatic heterocycles. The van der Waals surface area contributed by atoms with E-state index in [1.807, 2.05) is 0 Å². The van der Waals surface area contributed by atoms with E-state index >= 15 is 0 Å². The number of hydrogen-bond acceptors (Lipinski definition) is 4. The molecule has 1 unspecified atom stereocenters. The highest BCUT2D eigenvalue weighted by atomic mass is 16.5. The molecule has 1 amide bonds. The average molecular weight is 262 g/mol. The smallest absolute Gasteiger partial charge is 0.336 e. The lowest BCUT2D eigenvalue weighted by Crippen LogP contribution is -2.50. The minimum atomic E-state index is -1.32. The molecule has 1 rings (SSSR count). The summed E-state index contributed by atoms with van der Waals surface area (Å²) in [6, 6.07) is 8.69. The van der Waals surface area contributed by atoms with Gasteiger partial charge in [-0.05, 0) is 18.0 Å². The van der Waals surface area contributed by atoms with Gasteiger partial charge in [0.2, 0.25) is 5.91 Å². The maximum atomic E-state index is 11.9. The van der Waals surface area contributed by atoms with Crippen LogP contribution < -0.4 is 5.32 Å². The van der Waals surface area contributed by atoms with Gasteiger partial charge in [0.15, 0.2) is 5.54 Å². The number of hydrogen-bond donors (Lipinski definition) is 1. The number of amides is 1. The van der Waals surface area contributed by atoms with Crippen molar-refractivity contribution in [3.8, 4) is 0 Å². The molecule has 1 aromatic rings. The summed E-state index contributed by atoms with van der Waals surface area (Å²) in [4.78, 5) is 26.0. The Morgan fingerprint density at radius 1 is 1.42 bits per heavy atom. The molecular weight excluding hydrogens is 248 g/mol. The van der Waals surface area contributed by atoms with Gasteiger partial charge in [0.25, 0.3) is 0 Å². The highest BCUT2D eigenvalue weighted by Gasteiger charge is 2.37. The molecule has 0 aliphatic heterocycles. The second-order valence-corrected chi connectivity index (χ2v) is 3.92. The van der Waals surface area contributed by atoms with E-state index < -0.39 is 17.4 Å². The molecule has 0 saturated carbocycles. The third-order valence-electron chi connectivity index (χ3n) is 2.61. The average Bonchev–Trinajstić information content (AvgIpc) is 2.44. The zero-order chi connectivity index (χ0) is 14.3. The number of nitrogens with one attached hydrogen (secondary N) is 1. The molecule has 1 N–H and O–H groups in total. The van der Waals surface area contributed by atoms with Gasteiger partial charge in [0.05, 0.1) is 7.11 Å². The molecule has 0 aliphatic carbocycles. The van der Waals surface area contributed by atoms with Gasteiger partial charge in [-0.2, -0.15) is 0 Å². The second kappa shape index (κ2) is 6.42. The fourth-order valence-electron chi connectivity index (χ4n) is 1.63. The fourth-order valence-corrected chi connectivity index (χ4v) is 1.63. The summed E-state index contributed by atoms with van der Waals surface area (Å²) in [5.74, 6) is -1.16. The van der Waals surface area contributed by atoms with Crippen LogP contribution >= 0.6 is 0 Å². The van der Waals surface area contributed by atoms with Gasteiger partial charge in [-0.3, -0.25) is 4.79 Å². The Morgan fingerprint density at radius 2 is 2.05 bits per heavy atom. The maximum Gasteiger partial charge on any atom is 0.336 e. The summed E-state index contributed by atoms with van der Waals surface area (Å²) in [5, 5.41) is 5.67. The molecule has 100 valence electrons. The SMILES string of the molecule is COC(=O)C(C)(NC(=O)CN=[N+]=[N-])c1ccccc1. The van der Waals surface area contributed by atoms with Crippen molar-refractivity contribution >= 4 is 11.9 Å². The minimum absolute atomic E-state index is 0.379. The molecule has 0 fully saturated rings. The highest BCUT2D eigenvalue weighted by molar-refractivity contribution is 5.89. The van der Waals surface area contributed by atoms with Crippen LogP contribution in [0.5, 0.6) is 0 Å². The Hall–Kier alpha value is -2.53. The Balaban J connectivity index is 3.04. The lowest BCUT2D eigenvalue weighted by atomic mass is 9.92. The monoisotopic (exact) mass is 262 g/mol.